The van der Waals surface area contributed by atoms with Crippen LogP contribution in [-0.4, -0.2) is 31.7 Å². The maximum Gasteiger partial charge on any atom is 0.294 e. The van der Waals surface area contributed by atoms with E-state index in [0.717, 1.165) is 16.1 Å². The fourth-order valence-corrected chi connectivity index (χ4v) is 3.03. The first-order chi connectivity index (χ1) is 11.1. The van der Waals surface area contributed by atoms with Crippen LogP contribution in [0.4, 0.5) is 0 Å². The van der Waals surface area contributed by atoms with Crippen LogP contribution in [0, 0.1) is 23.1 Å². The predicted octanol–water partition coefficient (Wildman–Crippen LogP) is 2.15. The standard InChI is InChI=1S/C14H12N5O3S/c1-10-14(23-9-15-10)13(8-22-19(20)21)18-7-12(16-17-18)11-5-3-2-4-6-11/h3-7,9,13H,8H2,1H3/q+1. The Labute approximate surface area is 135 Å². The van der Waals surface area contributed by atoms with Crippen molar-refractivity contribution in [3.05, 3.63) is 68.5 Å². The van der Waals surface area contributed by atoms with Gasteiger partial charge in [0.15, 0.2) is 0 Å². The van der Waals surface area contributed by atoms with Crippen molar-refractivity contribution in [2.45, 2.75) is 13.0 Å². The third-order valence-electron chi connectivity index (χ3n) is 3.27. The van der Waals surface area contributed by atoms with E-state index in [1.165, 1.54) is 11.3 Å². The second-order valence-corrected chi connectivity index (χ2v) is 5.60. The highest BCUT2D eigenvalue weighted by molar-refractivity contribution is 7.09. The molecule has 1 aliphatic rings. The van der Waals surface area contributed by atoms with Crippen LogP contribution in [0.25, 0.3) is 5.57 Å². The Morgan fingerprint density at radius 2 is 2.43 bits per heavy atom. The molecular formula is C14H12N5O3S+. The van der Waals surface area contributed by atoms with E-state index in [9.17, 15) is 10.1 Å². The number of hydrogen-bond acceptors (Lipinski definition) is 7. The zero-order chi connectivity index (χ0) is 16.2. The van der Waals surface area contributed by atoms with Gasteiger partial charge < -0.3 is 4.84 Å². The van der Waals surface area contributed by atoms with E-state index >= 15 is 0 Å². The van der Waals surface area contributed by atoms with E-state index in [4.69, 9.17) is 0 Å². The molecule has 0 fully saturated rings. The van der Waals surface area contributed by atoms with Crippen molar-refractivity contribution in [3.8, 4) is 0 Å². The van der Waals surface area contributed by atoms with Crippen molar-refractivity contribution in [1.82, 2.24) is 20.0 Å². The lowest BCUT2D eigenvalue weighted by Gasteiger charge is -2.14. The van der Waals surface area contributed by atoms with Crippen molar-refractivity contribution in [3.63, 3.8) is 0 Å². The molecule has 116 valence electrons. The van der Waals surface area contributed by atoms with Gasteiger partial charge in [-0.3, -0.25) is 0 Å². The molecule has 0 saturated heterocycles. The molecule has 8 nitrogen and oxygen atoms in total. The first kappa shape index (κ1) is 15.0. The molecule has 1 aliphatic carbocycles. The SMILES string of the molecule is Cc1ncsc1C(CO[N+](=O)[O-])n1cc(C2=CC=[C+]C=C2)nn1. The Morgan fingerprint density at radius 1 is 1.57 bits per heavy atom. The normalized spacial score (nSPS) is 14.2. The molecule has 0 amide bonds. The molecular weight excluding hydrogens is 318 g/mol. The average Bonchev–Trinajstić information content (AvgIpc) is 3.19. The van der Waals surface area contributed by atoms with Crippen LogP contribution >= 0.6 is 11.3 Å². The highest BCUT2D eigenvalue weighted by Gasteiger charge is 2.23. The summed E-state index contributed by atoms with van der Waals surface area (Å²) < 4.78 is 1.57. The van der Waals surface area contributed by atoms with Gasteiger partial charge in [0.05, 0.1) is 34.4 Å². The topological polar surface area (TPSA) is 96.0 Å². The lowest BCUT2D eigenvalue weighted by Crippen LogP contribution is -2.19. The van der Waals surface area contributed by atoms with Gasteiger partial charge in [-0.15, -0.1) is 26.5 Å². The maximum atomic E-state index is 10.5. The van der Waals surface area contributed by atoms with E-state index in [0.29, 0.717) is 5.69 Å². The largest absolute Gasteiger partial charge is 0.311 e. The van der Waals surface area contributed by atoms with Crippen LogP contribution in [0.2, 0.25) is 0 Å². The Morgan fingerprint density at radius 3 is 3.09 bits per heavy atom. The van der Waals surface area contributed by atoms with Crippen LogP contribution in [0.5, 0.6) is 0 Å². The molecule has 23 heavy (non-hydrogen) atoms. The van der Waals surface area contributed by atoms with Gasteiger partial charge >= 0.3 is 0 Å². The smallest absolute Gasteiger partial charge is 0.294 e. The second-order valence-electron chi connectivity index (χ2n) is 4.71. The maximum absolute atomic E-state index is 10.5. The first-order valence-electron chi connectivity index (χ1n) is 6.71. The highest BCUT2D eigenvalue weighted by atomic mass is 32.1. The van der Waals surface area contributed by atoms with Gasteiger partial charge in [-0.2, -0.15) is 0 Å². The summed E-state index contributed by atoms with van der Waals surface area (Å²) in [5.74, 6) is 0. The summed E-state index contributed by atoms with van der Waals surface area (Å²) >= 11 is 1.40. The third kappa shape index (κ3) is 3.31. The monoisotopic (exact) mass is 330 g/mol. The van der Waals surface area contributed by atoms with E-state index in [1.807, 2.05) is 19.1 Å². The summed E-state index contributed by atoms with van der Waals surface area (Å²) in [5, 5.41) is 18.0. The van der Waals surface area contributed by atoms with Gasteiger partial charge in [0.25, 0.3) is 5.09 Å². The molecule has 1 unspecified atom stereocenters. The fourth-order valence-electron chi connectivity index (χ4n) is 2.15. The Balaban J connectivity index is 1.91. The number of rotatable bonds is 6. The molecule has 0 aromatic carbocycles. The minimum atomic E-state index is -0.811. The molecule has 0 aliphatic heterocycles. The number of hydrogen-bond donors (Lipinski definition) is 0. The first-order valence-corrected chi connectivity index (χ1v) is 7.58. The van der Waals surface area contributed by atoms with E-state index in [1.54, 1.807) is 28.5 Å². The fraction of sp³-hybridized carbons (Fsp3) is 0.214. The van der Waals surface area contributed by atoms with Crippen molar-refractivity contribution >= 4 is 16.9 Å². The molecule has 0 N–H and O–H groups in total. The van der Waals surface area contributed by atoms with Crippen LogP contribution in [-0.2, 0) is 4.84 Å². The van der Waals surface area contributed by atoms with E-state index < -0.39 is 11.1 Å². The Kier molecular flexibility index (Phi) is 4.22. The summed E-state index contributed by atoms with van der Waals surface area (Å²) in [6, 6.07) is -0.454. The van der Waals surface area contributed by atoms with Gasteiger partial charge in [0.2, 0.25) is 0 Å². The molecule has 3 rings (SSSR count). The summed E-state index contributed by atoms with van der Waals surface area (Å²) in [6.07, 6.45) is 12.0. The van der Waals surface area contributed by atoms with Gasteiger partial charge in [0.1, 0.15) is 36.1 Å². The van der Waals surface area contributed by atoms with Crippen molar-refractivity contribution < 1.29 is 9.92 Å². The van der Waals surface area contributed by atoms with Crippen molar-refractivity contribution in [2.75, 3.05) is 6.61 Å². The van der Waals surface area contributed by atoms with Crippen LogP contribution < -0.4 is 0 Å². The molecule has 2 aromatic rings. The number of allylic oxidation sites excluding steroid dienone is 6. The van der Waals surface area contributed by atoms with Crippen LogP contribution in [0.3, 0.4) is 0 Å². The highest BCUT2D eigenvalue weighted by Crippen LogP contribution is 2.26. The van der Waals surface area contributed by atoms with Crippen LogP contribution in [0.1, 0.15) is 22.3 Å². The molecule has 0 radical (unpaired) electrons. The number of nitrogens with zero attached hydrogens (tertiary/aromatic N) is 5. The third-order valence-corrected chi connectivity index (χ3v) is 4.30. The zero-order valence-corrected chi connectivity index (χ0v) is 12.9. The Bertz CT molecular complexity index is 805. The van der Waals surface area contributed by atoms with Gasteiger partial charge in [-0.25, -0.2) is 9.67 Å². The van der Waals surface area contributed by atoms with Gasteiger partial charge in [0, 0.05) is 6.08 Å². The molecule has 1 atom stereocenters. The van der Waals surface area contributed by atoms with Crippen LogP contribution in [0.15, 0.2) is 36.0 Å². The quantitative estimate of drug-likeness (QED) is 0.457. The van der Waals surface area contributed by atoms with Gasteiger partial charge in [-0.1, -0.05) is 5.21 Å². The number of thiazole rings is 1. The van der Waals surface area contributed by atoms with Crippen molar-refractivity contribution in [2.24, 2.45) is 0 Å². The molecule has 2 heterocycles. The summed E-state index contributed by atoms with van der Waals surface area (Å²) in [6.45, 7) is 1.69. The summed E-state index contributed by atoms with van der Waals surface area (Å²) in [4.78, 5) is 20.1. The molecule has 2 aromatic heterocycles. The molecule has 0 spiro atoms. The molecule has 0 saturated carbocycles. The summed E-state index contributed by atoms with van der Waals surface area (Å²) in [5.41, 5.74) is 4.05. The predicted molar refractivity (Wildman–Crippen MR) is 82.9 cm³/mol. The molecule has 9 heteroatoms. The molecule has 0 bridgehead atoms. The van der Waals surface area contributed by atoms with E-state index in [-0.39, 0.29) is 6.61 Å². The Hall–Kier alpha value is -2.90. The van der Waals surface area contributed by atoms with Gasteiger partial charge in [-0.05, 0) is 6.92 Å². The zero-order valence-electron chi connectivity index (χ0n) is 12.1. The lowest BCUT2D eigenvalue weighted by atomic mass is 10.1. The lowest BCUT2D eigenvalue weighted by molar-refractivity contribution is -0.758. The second kappa shape index (κ2) is 6.47. The van der Waals surface area contributed by atoms with Crippen molar-refractivity contribution in [1.29, 1.82) is 0 Å². The number of aryl methyl sites for hydroxylation is 1. The summed E-state index contributed by atoms with van der Waals surface area (Å²) in [7, 11) is 0. The minimum Gasteiger partial charge on any atom is -0.311 e. The minimum absolute atomic E-state index is 0.151. The average molecular weight is 330 g/mol. The van der Waals surface area contributed by atoms with E-state index in [2.05, 4.69) is 26.2 Å². The number of aromatic nitrogens is 4.